The van der Waals surface area contributed by atoms with Crippen molar-refractivity contribution in [2.24, 2.45) is 0 Å². The van der Waals surface area contributed by atoms with Gasteiger partial charge in [0.1, 0.15) is 11.4 Å². The summed E-state index contributed by atoms with van der Waals surface area (Å²) < 4.78 is 0. The van der Waals surface area contributed by atoms with Crippen LogP contribution in [0.25, 0.3) is 32.8 Å². The quantitative estimate of drug-likeness (QED) is 0.312. The first-order valence-corrected chi connectivity index (χ1v) is 11.6. The minimum atomic E-state index is 0.239. The van der Waals surface area contributed by atoms with Gasteiger partial charge in [0.15, 0.2) is 0 Å². The number of fused-ring (bicyclic) bond motifs is 2. The molecule has 0 saturated carbocycles. The van der Waals surface area contributed by atoms with Crippen molar-refractivity contribution in [3.63, 3.8) is 0 Å². The van der Waals surface area contributed by atoms with E-state index in [4.69, 9.17) is 0 Å². The molecule has 0 aliphatic rings. The number of hydrogen-bond acceptors (Lipinski definition) is 3. The third-order valence-corrected chi connectivity index (χ3v) is 6.93. The first kappa shape index (κ1) is 21.1. The number of phenols is 1. The standard InChI is InChI=1S/C30H28N2O/c1-19(24-14-8-11-22-9-4-6-12-25(22)24)15-17-27-20(2)21(3)30(32-31-27)29-26-13-7-5-10-23(26)16-18-28(29)33/h4-14,16,18-19,33H,15,17H2,1-3H3/t19-/m0/s1. The van der Waals surface area contributed by atoms with E-state index in [1.807, 2.05) is 24.3 Å². The summed E-state index contributed by atoms with van der Waals surface area (Å²) in [5.74, 6) is 0.655. The first-order valence-electron chi connectivity index (χ1n) is 11.6. The molecule has 0 aliphatic carbocycles. The molecule has 0 aliphatic heterocycles. The highest BCUT2D eigenvalue weighted by Crippen LogP contribution is 2.38. The van der Waals surface area contributed by atoms with Crippen molar-refractivity contribution in [2.45, 2.75) is 39.5 Å². The summed E-state index contributed by atoms with van der Waals surface area (Å²) >= 11 is 0. The molecule has 0 unspecified atom stereocenters. The first-order chi connectivity index (χ1) is 16.0. The van der Waals surface area contributed by atoms with Gasteiger partial charge in [-0.05, 0) is 76.9 Å². The van der Waals surface area contributed by atoms with Gasteiger partial charge in [-0.3, -0.25) is 0 Å². The second-order valence-electron chi connectivity index (χ2n) is 8.93. The normalized spacial score (nSPS) is 12.3. The Kier molecular flexibility index (Phi) is 5.55. The van der Waals surface area contributed by atoms with Crippen LogP contribution in [-0.2, 0) is 6.42 Å². The van der Waals surface area contributed by atoms with Crippen LogP contribution >= 0.6 is 0 Å². The number of hydrogen-bond donors (Lipinski definition) is 1. The summed E-state index contributed by atoms with van der Waals surface area (Å²) in [7, 11) is 0. The lowest BCUT2D eigenvalue weighted by Gasteiger charge is -2.17. The topological polar surface area (TPSA) is 46.0 Å². The van der Waals surface area contributed by atoms with E-state index >= 15 is 0 Å². The minimum absolute atomic E-state index is 0.239. The lowest BCUT2D eigenvalue weighted by Crippen LogP contribution is -2.05. The van der Waals surface area contributed by atoms with Crippen molar-refractivity contribution in [2.75, 3.05) is 0 Å². The van der Waals surface area contributed by atoms with E-state index in [-0.39, 0.29) is 5.75 Å². The summed E-state index contributed by atoms with van der Waals surface area (Å²) in [6, 6.07) is 26.9. The van der Waals surface area contributed by atoms with Crippen LogP contribution in [0.4, 0.5) is 0 Å². The molecule has 0 saturated heterocycles. The molecule has 1 atom stereocenters. The Morgan fingerprint density at radius 3 is 2.18 bits per heavy atom. The molecule has 0 amide bonds. The minimum Gasteiger partial charge on any atom is -0.507 e. The van der Waals surface area contributed by atoms with Crippen LogP contribution < -0.4 is 0 Å². The van der Waals surface area contributed by atoms with Gasteiger partial charge in [0.2, 0.25) is 0 Å². The third-order valence-electron chi connectivity index (χ3n) is 6.93. The Morgan fingerprint density at radius 2 is 1.39 bits per heavy atom. The van der Waals surface area contributed by atoms with Crippen molar-refractivity contribution in [1.82, 2.24) is 10.2 Å². The molecule has 5 rings (SSSR count). The molecule has 5 aromatic rings. The van der Waals surface area contributed by atoms with Gasteiger partial charge in [0.05, 0.1) is 11.3 Å². The molecule has 0 bridgehead atoms. The lowest BCUT2D eigenvalue weighted by molar-refractivity contribution is 0.477. The fourth-order valence-corrected chi connectivity index (χ4v) is 4.83. The molecular weight excluding hydrogens is 404 g/mol. The Hall–Kier alpha value is -3.72. The molecule has 1 heterocycles. The number of aryl methyl sites for hydroxylation is 1. The highest BCUT2D eigenvalue weighted by molar-refractivity contribution is 5.99. The summed E-state index contributed by atoms with van der Waals surface area (Å²) in [5.41, 5.74) is 6.15. The average Bonchev–Trinajstić information content (AvgIpc) is 2.85. The number of rotatable bonds is 5. The van der Waals surface area contributed by atoms with E-state index in [9.17, 15) is 5.11 Å². The van der Waals surface area contributed by atoms with Crippen molar-refractivity contribution in [1.29, 1.82) is 0 Å². The number of aromatic nitrogens is 2. The number of nitrogens with zero attached hydrogens (tertiary/aromatic N) is 2. The lowest BCUT2D eigenvalue weighted by atomic mass is 9.90. The summed E-state index contributed by atoms with van der Waals surface area (Å²) in [6.07, 6.45) is 1.87. The van der Waals surface area contributed by atoms with Gasteiger partial charge in [-0.25, -0.2) is 0 Å². The summed E-state index contributed by atoms with van der Waals surface area (Å²) in [6.45, 7) is 6.49. The van der Waals surface area contributed by atoms with Gasteiger partial charge < -0.3 is 5.11 Å². The van der Waals surface area contributed by atoms with Crippen molar-refractivity contribution in [3.05, 3.63) is 101 Å². The van der Waals surface area contributed by atoms with Crippen LogP contribution in [0.15, 0.2) is 78.9 Å². The molecule has 33 heavy (non-hydrogen) atoms. The Balaban J connectivity index is 1.45. The van der Waals surface area contributed by atoms with Crippen molar-refractivity contribution < 1.29 is 5.11 Å². The number of aromatic hydroxyl groups is 1. The van der Waals surface area contributed by atoms with E-state index in [1.54, 1.807) is 6.07 Å². The van der Waals surface area contributed by atoms with E-state index in [1.165, 1.54) is 16.3 Å². The van der Waals surface area contributed by atoms with Crippen LogP contribution in [0.2, 0.25) is 0 Å². The predicted molar refractivity (Wildman–Crippen MR) is 137 cm³/mol. The summed E-state index contributed by atoms with van der Waals surface area (Å²) in [5, 5.41) is 24.6. The van der Waals surface area contributed by atoms with Gasteiger partial charge >= 0.3 is 0 Å². The van der Waals surface area contributed by atoms with Gasteiger partial charge in [0.25, 0.3) is 0 Å². The molecule has 0 spiro atoms. The highest BCUT2D eigenvalue weighted by Gasteiger charge is 2.18. The maximum Gasteiger partial charge on any atom is 0.125 e. The Morgan fingerprint density at radius 1 is 0.727 bits per heavy atom. The smallest absolute Gasteiger partial charge is 0.125 e. The number of phenolic OH excluding ortho intramolecular Hbond substituents is 1. The van der Waals surface area contributed by atoms with Crippen molar-refractivity contribution in [3.8, 4) is 17.0 Å². The SMILES string of the molecule is Cc1c(CC[C@H](C)c2cccc3ccccc23)nnc(-c2c(O)ccc3ccccc23)c1C. The van der Waals surface area contributed by atoms with E-state index < -0.39 is 0 Å². The van der Waals surface area contributed by atoms with Crippen molar-refractivity contribution >= 4 is 21.5 Å². The average molecular weight is 433 g/mol. The maximum atomic E-state index is 10.7. The molecule has 0 fully saturated rings. The van der Waals surface area contributed by atoms with Gasteiger partial charge in [0, 0.05) is 0 Å². The largest absolute Gasteiger partial charge is 0.507 e. The maximum absolute atomic E-state index is 10.7. The van der Waals surface area contributed by atoms with E-state index in [0.717, 1.165) is 51.7 Å². The summed E-state index contributed by atoms with van der Waals surface area (Å²) in [4.78, 5) is 0. The molecule has 1 N–H and O–H groups in total. The Bertz CT molecular complexity index is 1470. The Labute approximate surface area is 194 Å². The zero-order valence-electron chi connectivity index (χ0n) is 19.3. The monoisotopic (exact) mass is 432 g/mol. The van der Waals surface area contributed by atoms with Crippen LogP contribution in [0.3, 0.4) is 0 Å². The zero-order valence-corrected chi connectivity index (χ0v) is 19.3. The van der Waals surface area contributed by atoms with Crippen LogP contribution in [0.1, 0.15) is 41.6 Å². The van der Waals surface area contributed by atoms with Crippen LogP contribution in [-0.4, -0.2) is 15.3 Å². The zero-order chi connectivity index (χ0) is 22.9. The number of benzene rings is 4. The van der Waals surface area contributed by atoms with Crippen LogP contribution in [0.5, 0.6) is 5.75 Å². The van der Waals surface area contributed by atoms with Gasteiger partial charge in [-0.1, -0.05) is 79.7 Å². The second kappa shape index (κ2) is 8.67. The molecule has 164 valence electrons. The van der Waals surface area contributed by atoms with Crippen LogP contribution in [0, 0.1) is 13.8 Å². The fourth-order valence-electron chi connectivity index (χ4n) is 4.83. The van der Waals surface area contributed by atoms with E-state index in [2.05, 4.69) is 79.5 Å². The van der Waals surface area contributed by atoms with E-state index in [0.29, 0.717) is 5.92 Å². The molecular formula is C30H28N2O. The molecule has 4 aromatic carbocycles. The van der Waals surface area contributed by atoms with Gasteiger partial charge in [-0.15, -0.1) is 5.10 Å². The third kappa shape index (κ3) is 3.84. The predicted octanol–water partition coefficient (Wildman–Crippen LogP) is 7.51. The molecule has 3 nitrogen and oxygen atoms in total. The fraction of sp³-hybridized carbons (Fsp3) is 0.200. The highest BCUT2D eigenvalue weighted by atomic mass is 16.3. The van der Waals surface area contributed by atoms with Gasteiger partial charge in [-0.2, -0.15) is 5.10 Å². The molecule has 0 radical (unpaired) electrons. The second-order valence-corrected chi connectivity index (χ2v) is 8.93. The molecule has 3 heteroatoms. The molecule has 1 aromatic heterocycles.